The summed E-state index contributed by atoms with van der Waals surface area (Å²) in [5.41, 5.74) is -0.262. The minimum Gasteiger partial charge on any atom is -0.297 e. The highest BCUT2D eigenvalue weighted by atomic mass is 32.2. The molecule has 2 nitrogen and oxygen atoms in total. The quantitative estimate of drug-likeness (QED) is 0.792. The van der Waals surface area contributed by atoms with Crippen molar-refractivity contribution in [2.45, 2.75) is 76.6 Å². The van der Waals surface area contributed by atoms with E-state index < -0.39 is 0 Å². The molecule has 1 rings (SSSR count). The summed E-state index contributed by atoms with van der Waals surface area (Å²) in [5, 5.41) is 13.7. The lowest BCUT2D eigenvalue weighted by Gasteiger charge is -2.37. The van der Waals surface area contributed by atoms with Gasteiger partial charge >= 0.3 is 0 Å². The number of hydrogen-bond acceptors (Lipinski definition) is 3. The van der Waals surface area contributed by atoms with Gasteiger partial charge in [0.05, 0.1) is 6.07 Å². The SMILES string of the molecule is CC(C)CCSC1CCCC(C#N)(NC(C)C)C1. The average molecular weight is 268 g/mol. The normalized spacial score (nSPS) is 28.6. The standard InChI is InChI=1S/C15H28N2S/c1-12(2)7-9-18-14-6-5-8-15(10-14,11-16)17-13(3)4/h12-14,17H,5-10H2,1-4H3. The number of thioether (sulfide) groups is 1. The Morgan fingerprint density at radius 3 is 2.67 bits per heavy atom. The smallest absolute Gasteiger partial charge is 0.108 e. The summed E-state index contributed by atoms with van der Waals surface area (Å²) in [6.45, 7) is 8.83. The first-order valence-corrected chi connectivity index (χ1v) is 8.33. The number of nitrogens with one attached hydrogen (secondary N) is 1. The first-order valence-electron chi connectivity index (χ1n) is 7.28. The summed E-state index contributed by atoms with van der Waals surface area (Å²) in [7, 11) is 0. The van der Waals surface area contributed by atoms with Crippen LogP contribution >= 0.6 is 11.8 Å². The van der Waals surface area contributed by atoms with E-state index in [1.54, 1.807) is 0 Å². The molecule has 1 saturated carbocycles. The molecule has 0 aromatic carbocycles. The second-order valence-electron chi connectivity index (χ2n) is 6.26. The van der Waals surface area contributed by atoms with E-state index in [2.05, 4.69) is 50.8 Å². The van der Waals surface area contributed by atoms with Crippen LogP contribution in [0.4, 0.5) is 0 Å². The summed E-state index contributed by atoms with van der Waals surface area (Å²) in [5.74, 6) is 2.03. The van der Waals surface area contributed by atoms with Gasteiger partial charge in [-0.15, -0.1) is 0 Å². The fourth-order valence-electron chi connectivity index (χ4n) is 2.65. The molecule has 0 spiro atoms. The Bertz CT molecular complexity index is 283. The zero-order valence-corrected chi connectivity index (χ0v) is 13.1. The molecule has 0 heterocycles. The van der Waals surface area contributed by atoms with E-state index in [9.17, 15) is 5.26 Å². The molecule has 1 N–H and O–H groups in total. The first-order chi connectivity index (χ1) is 8.47. The van der Waals surface area contributed by atoms with Crippen molar-refractivity contribution >= 4 is 11.8 Å². The van der Waals surface area contributed by atoms with Crippen LogP contribution in [0.2, 0.25) is 0 Å². The number of nitriles is 1. The van der Waals surface area contributed by atoms with Gasteiger partial charge in [0.1, 0.15) is 5.54 Å². The van der Waals surface area contributed by atoms with Crippen LogP contribution < -0.4 is 5.32 Å². The van der Waals surface area contributed by atoms with Gasteiger partial charge in [0.15, 0.2) is 0 Å². The molecule has 0 saturated heterocycles. The molecule has 0 aromatic heterocycles. The van der Waals surface area contributed by atoms with E-state index in [-0.39, 0.29) is 5.54 Å². The molecule has 0 aromatic rings. The third kappa shape index (κ3) is 5.20. The van der Waals surface area contributed by atoms with Gasteiger partial charge in [0, 0.05) is 11.3 Å². The molecule has 0 bridgehead atoms. The van der Waals surface area contributed by atoms with E-state index >= 15 is 0 Å². The van der Waals surface area contributed by atoms with Crippen LogP contribution in [0.15, 0.2) is 0 Å². The van der Waals surface area contributed by atoms with Gasteiger partial charge in [0.25, 0.3) is 0 Å². The van der Waals surface area contributed by atoms with Crippen LogP contribution in [0.1, 0.15) is 59.8 Å². The van der Waals surface area contributed by atoms with Crippen molar-refractivity contribution in [2.75, 3.05) is 5.75 Å². The van der Waals surface area contributed by atoms with E-state index in [1.807, 2.05) is 0 Å². The molecule has 0 radical (unpaired) electrons. The Morgan fingerprint density at radius 1 is 1.39 bits per heavy atom. The van der Waals surface area contributed by atoms with E-state index in [4.69, 9.17) is 0 Å². The molecular formula is C15H28N2S. The number of rotatable bonds is 6. The lowest BCUT2D eigenvalue weighted by molar-refractivity contribution is 0.284. The fourth-order valence-corrected chi connectivity index (χ4v) is 4.33. The summed E-state index contributed by atoms with van der Waals surface area (Å²) >= 11 is 2.08. The largest absolute Gasteiger partial charge is 0.297 e. The van der Waals surface area contributed by atoms with Gasteiger partial charge in [0.2, 0.25) is 0 Å². The van der Waals surface area contributed by atoms with E-state index in [0.29, 0.717) is 11.3 Å². The first kappa shape index (κ1) is 15.9. The topological polar surface area (TPSA) is 35.8 Å². The predicted molar refractivity (Wildman–Crippen MR) is 80.8 cm³/mol. The second-order valence-corrected chi connectivity index (χ2v) is 7.67. The van der Waals surface area contributed by atoms with E-state index in [0.717, 1.165) is 18.8 Å². The second kappa shape index (κ2) is 7.40. The summed E-state index contributed by atoms with van der Waals surface area (Å²) < 4.78 is 0. The highest BCUT2D eigenvalue weighted by Crippen LogP contribution is 2.35. The lowest BCUT2D eigenvalue weighted by atomic mass is 9.82. The highest BCUT2D eigenvalue weighted by Gasteiger charge is 2.36. The zero-order valence-electron chi connectivity index (χ0n) is 12.3. The molecule has 1 fully saturated rings. The molecule has 2 unspecified atom stereocenters. The maximum absolute atomic E-state index is 9.50. The fraction of sp³-hybridized carbons (Fsp3) is 0.933. The van der Waals surface area contributed by atoms with Crippen LogP contribution in [0, 0.1) is 17.2 Å². The maximum Gasteiger partial charge on any atom is 0.108 e. The lowest BCUT2D eigenvalue weighted by Crippen LogP contribution is -2.51. The van der Waals surface area contributed by atoms with E-state index in [1.165, 1.54) is 25.0 Å². The minimum absolute atomic E-state index is 0.262. The van der Waals surface area contributed by atoms with Gasteiger partial charge in [-0.2, -0.15) is 17.0 Å². The van der Waals surface area contributed by atoms with Gasteiger partial charge in [-0.1, -0.05) is 13.8 Å². The van der Waals surface area contributed by atoms with Crippen molar-refractivity contribution in [3.05, 3.63) is 0 Å². The Kier molecular flexibility index (Phi) is 6.52. The molecule has 0 aliphatic heterocycles. The Morgan fingerprint density at radius 2 is 2.11 bits per heavy atom. The molecule has 3 heteroatoms. The van der Waals surface area contributed by atoms with Crippen molar-refractivity contribution in [3.63, 3.8) is 0 Å². The van der Waals surface area contributed by atoms with Crippen LogP contribution in [0.25, 0.3) is 0 Å². The number of nitrogens with zero attached hydrogens (tertiary/aromatic N) is 1. The predicted octanol–water partition coefficient (Wildman–Crippen LogP) is 3.97. The van der Waals surface area contributed by atoms with Crippen LogP contribution in [-0.4, -0.2) is 22.6 Å². The molecule has 1 aliphatic carbocycles. The van der Waals surface area contributed by atoms with Crippen molar-refractivity contribution < 1.29 is 0 Å². The van der Waals surface area contributed by atoms with Gasteiger partial charge in [-0.3, -0.25) is 5.32 Å². The third-order valence-electron chi connectivity index (χ3n) is 3.53. The zero-order chi connectivity index (χ0) is 13.6. The minimum atomic E-state index is -0.262. The molecule has 1 aliphatic rings. The van der Waals surface area contributed by atoms with Crippen molar-refractivity contribution in [1.29, 1.82) is 5.26 Å². The molecule has 104 valence electrons. The summed E-state index contributed by atoms with van der Waals surface area (Å²) in [6.07, 6.45) is 5.80. The Labute approximate surface area is 117 Å². The molecule has 2 atom stereocenters. The van der Waals surface area contributed by atoms with Crippen molar-refractivity contribution in [3.8, 4) is 6.07 Å². The summed E-state index contributed by atoms with van der Waals surface area (Å²) in [4.78, 5) is 0. The van der Waals surface area contributed by atoms with Crippen molar-refractivity contribution in [1.82, 2.24) is 5.32 Å². The van der Waals surface area contributed by atoms with Crippen molar-refractivity contribution in [2.24, 2.45) is 5.92 Å². The van der Waals surface area contributed by atoms with Gasteiger partial charge in [-0.25, -0.2) is 0 Å². The van der Waals surface area contributed by atoms with Crippen LogP contribution in [0.3, 0.4) is 0 Å². The molecular weight excluding hydrogens is 240 g/mol. The van der Waals surface area contributed by atoms with Gasteiger partial charge < -0.3 is 0 Å². The Hall–Kier alpha value is -0.200. The molecule has 18 heavy (non-hydrogen) atoms. The monoisotopic (exact) mass is 268 g/mol. The maximum atomic E-state index is 9.50. The summed E-state index contributed by atoms with van der Waals surface area (Å²) in [6, 6.07) is 2.95. The third-order valence-corrected chi connectivity index (χ3v) is 4.88. The molecule has 0 amide bonds. The van der Waals surface area contributed by atoms with Crippen LogP contribution in [0.5, 0.6) is 0 Å². The van der Waals surface area contributed by atoms with Crippen LogP contribution in [-0.2, 0) is 0 Å². The van der Waals surface area contributed by atoms with Gasteiger partial charge in [-0.05, 0) is 57.6 Å². The Balaban J connectivity index is 2.46. The highest BCUT2D eigenvalue weighted by molar-refractivity contribution is 7.99. The number of hydrogen-bond donors (Lipinski definition) is 1. The average Bonchev–Trinajstić information content (AvgIpc) is 2.28.